The second kappa shape index (κ2) is 17.6. The lowest BCUT2D eigenvalue weighted by Crippen LogP contribution is -2.59. The summed E-state index contributed by atoms with van der Waals surface area (Å²) >= 11 is 0. The van der Waals surface area contributed by atoms with Crippen LogP contribution in [0.2, 0.25) is 0 Å². The first kappa shape index (κ1) is 45.7. The molecule has 0 spiro atoms. The minimum absolute atomic E-state index is 0.00526. The minimum Gasteiger partial charge on any atom is -0.497 e. The molecule has 16 nitrogen and oxygen atoms in total. The Balaban J connectivity index is 1.05. The number of alkyl carbamates (subject to hydrolysis) is 1. The maximum absolute atomic E-state index is 15.2. The molecule has 3 aromatic rings. The number of sulfonamides is 1. The number of benzene rings is 1. The number of amides is 4. The number of hydrogen-bond acceptors (Lipinski definition) is 12. The second-order valence-corrected chi connectivity index (χ2v) is 22.5. The van der Waals surface area contributed by atoms with E-state index in [1.54, 1.807) is 32.4 Å². The zero-order valence-corrected chi connectivity index (χ0v) is 39.4. The van der Waals surface area contributed by atoms with Gasteiger partial charge in [-0.2, -0.15) is 0 Å². The SMILES string of the molecule is COc1ccc2c(O[C@@H]3C[C@H]4C(=O)N[C@]5(C(=O)NS(=O)(=O)C6(C)CC6)C[C@H]5/C=C\CC[C@@H](C)C[C@@H](C)C(NC(=O)OC5C[C@@H]6C[C@@H]6C5)C(=O)N4C3)nc(-c3ccc(OC(C)C)nc3)cc2c1. The number of pyridine rings is 2. The number of nitrogens with zero attached hydrogens (tertiary/aromatic N) is 3. The number of rotatable bonds is 11. The normalized spacial score (nSPS) is 31.8. The van der Waals surface area contributed by atoms with Gasteiger partial charge in [0.1, 0.15) is 35.6 Å². The van der Waals surface area contributed by atoms with E-state index in [2.05, 4.69) is 27.3 Å². The number of aromatic nitrogens is 2. The number of methoxy groups -OCH3 is 1. The summed E-state index contributed by atoms with van der Waals surface area (Å²) in [4.78, 5) is 68.7. The molecule has 1 aromatic carbocycles. The van der Waals surface area contributed by atoms with Crippen LogP contribution in [-0.4, -0.2) is 101 Å². The van der Waals surface area contributed by atoms with Gasteiger partial charge in [0.15, 0.2) is 0 Å². The largest absolute Gasteiger partial charge is 0.497 e. The topological polar surface area (TPSA) is 204 Å². The molecule has 354 valence electrons. The van der Waals surface area contributed by atoms with Crippen molar-refractivity contribution >= 4 is 44.6 Å². The third kappa shape index (κ3) is 9.41. The Kier molecular flexibility index (Phi) is 12.2. The fraction of sp³-hybridized carbons (Fsp3) is 0.592. The fourth-order valence-corrected chi connectivity index (χ4v) is 11.5. The summed E-state index contributed by atoms with van der Waals surface area (Å²) in [6.07, 6.45) is 9.68. The molecule has 3 N–H and O–H groups in total. The summed E-state index contributed by atoms with van der Waals surface area (Å²) in [5, 5.41) is 7.31. The highest BCUT2D eigenvalue weighted by atomic mass is 32.2. The first-order chi connectivity index (χ1) is 31.4. The van der Waals surface area contributed by atoms with Crippen LogP contribution in [0.3, 0.4) is 0 Å². The molecule has 66 heavy (non-hydrogen) atoms. The number of allylic oxidation sites excluding steroid dienone is 1. The molecule has 4 amide bonds. The molecule has 2 aliphatic heterocycles. The lowest BCUT2D eigenvalue weighted by Gasteiger charge is -2.33. The van der Waals surface area contributed by atoms with E-state index in [1.807, 2.05) is 57.2 Å². The molecular weight excluding hydrogens is 865 g/mol. The molecule has 9 rings (SSSR count). The Morgan fingerprint density at radius 1 is 0.985 bits per heavy atom. The molecule has 2 unspecified atom stereocenters. The van der Waals surface area contributed by atoms with Gasteiger partial charge in [-0.3, -0.25) is 19.1 Å². The predicted octanol–water partition coefficient (Wildman–Crippen LogP) is 6.22. The monoisotopic (exact) mass is 926 g/mol. The fourth-order valence-electron chi connectivity index (χ4n) is 10.2. The molecule has 10 atom stereocenters. The van der Waals surface area contributed by atoms with Crippen molar-refractivity contribution in [3.05, 3.63) is 54.7 Å². The van der Waals surface area contributed by atoms with Gasteiger partial charge in [0, 0.05) is 35.6 Å². The Labute approximate surface area is 386 Å². The molecule has 0 radical (unpaired) electrons. The van der Waals surface area contributed by atoms with E-state index in [-0.39, 0.29) is 49.3 Å². The zero-order chi connectivity index (χ0) is 46.7. The van der Waals surface area contributed by atoms with Crippen LogP contribution in [0.15, 0.2) is 54.7 Å². The second-order valence-electron chi connectivity index (χ2n) is 20.3. The van der Waals surface area contributed by atoms with Crippen molar-refractivity contribution in [3.8, 4) is 28.8 Å². The lowest BCUT2D eigenvalue weighted by molar-refractivity contribution is -0.142. The highest BCUT2D eigenvalue weighted by Crippen LogP contribution is 2.53. The highest BCUT2D eigenvalue weighted by Gasteiger charge is 2.63. The van der Waals surface area contributed by atoms with Crippen molar-refractivity contribution in [2.24, 2.45) is 29.6 Å². The van der Waals surface area contributed by atoms with Crippen molar-refractivity contribution in [2.45, 2.75) is 140 Å². The Hall–Kier alpha value is -5.45. The Morgan fingerprint density at radius 2 is 1.76 bits per heavy atom. The van der Waals surface area contributed by atoms with Gasteiger partial charge in [0.25, 0.3) is 5.91 Å². The summed E-state index contributed by atoms with van der Waals surface area (Å²) in [7, 11) is -2.45. The van der Waals surface area contributed by atoms with Gasteiger partial charge in [-0.15, -0.1) is 0 Å². The summed E-state index contributed by atoms with van der Waals surface area (Å²) in [6.45, 7) is 9.42. The van der Waals surface area contributed by atoms with Crippen molar-refractivity contribution in [1.29, 1.82) is 0 Å². The number of fused-ring (bicyclic) bond motifs is 4. The van der Waals surface area contributed by atoms with Crippen LogP contribution < -0.4 is 29.6 Å². The molecule has 5 fully saturated rings. The maximum atomic E-state index is 15.2. The van der Waals surface area contributed by atoms with Crippen molar-refractivity contribution in [3.63, 3.8) is 0 Å². The first-order valence-electron chi connectivity index (χ1n) is 23.6. The third-order valence-electron chi connectivity index (χ3n) is 14.7. The van der Waals surface area contributed by atoms with Crippen molar-refractivity contribution in [2.75, 3.05) is 13.7 Å². The molecule has 17 heteroatoms. The van der Waals surface area contributed by atoms with E-state index in [9.17, 15) is 22.8 Å². The van der Waals surface area contributed by atoms with E-state index in [0.29, 0.717) is 65.8 Å². The number of carbonyl (C=O) groups excluding carboxylic acids is 4. The van der Waals surface area contributed by atoms with Crippen LogP contribution in [0.5, 0.6) is 17.5 Å². The van der Waals surface area contributed by atoms with Gasteiger partial charge in [-0.1, -0.05) is 26.0 Å². The van der Waals surface area contributed by atoms with Crippen LogP contribution in [-0.2, 0) is 29.1 Å². The third-order valence-corrected chi connectivity index (χ3v) is 16.8. The summed E-state index contributed by atoms with van der Waals surface area (Å²) in [5.41, 5.74) is -0.309. The quantitative estimate of drug-likeness (QED) is 0.184. The lowest BCUT2D eigenvalue weighted by atomic mass is 9.88. The first-order valence-corrected chi connectivity index (χ1v) is 25.0. The molecule has 4 heterocycles. The van der Waals surface area contributed by atoms with Crippen LogP contribution in [0.25, 0.3) is 22.0 Å². The van der Waals surface area contributed by atoms with Gasteiger partial charge >= 0.3 is 6.09 Å². The zero-order valence-electron chi connectivity index (χ0n) is 38.6. The van der Waals surface area contributed by atoms with E-state index >= 15 is 4.79 Å². The van der Waals surface area contributed by atoms with Crippen LogP contribution in [0, 0.1) is 29.6 Å². The molecule has 2 aromatic heterocycles. The van der Waals surface area contributed by atoms with E-state index in [1.165, 1.54) is 4.90 Å². The summed E-state index contributed by atoms with van der Waals surface area (Å²) < 4.78 is 52.0. The molecule has 1 saturated heterocycles. The number of nitrogens with one attached hydrogen (secondary N) is 3. The highest BCUT2D eigenvalue weighted by molar-refractivity contribution is 7.91. The summed E-state index contributed by atoms with van der Waals surface area (Å²) in [5.74, 6) is -0.0862. The number of ether oxygens (including phenoxy) is 4. The van der Waals surface area contributed by atoms with E-state index in [4.69, 9.17) is 23.9 Å². The van der Waals surface area contributed by atoms with E-state index in [0.717, 1.165) is 31.1 Å². The Bertz CT molecular complexity index is 2520. The van der Waals surface area contributed by atoms with Crippen LogP contribution >= 0.6 is 0 Å². The van der Waals surface area contributed by atoms with Crippen molar-refractivity contribution < 1.29 is 46.5 Å². The molecule has 4 aliphatic carbocycles. The van der Waals surface area contributed by atoms with Crippen LogP contribution in [0.4, 0.5) is 4.79 Å². The van der Waals surface area contributed by atoms with Crippen molar-refractivity contribution in [1.82, 2.24) is 30.2 Å². The minimum atomic E-state index is -4.03. The van der Waals surface area contributed by atoms with Gasteiger partial charge in [0.2, 0.25) is 33.6 Å². The molecular formula is C49H62N6O10S. The van der Waals surface area contributed by atoms with Crippen LogP contribution in [0.1, 0.15) is 98.8 Å². The molecule has 4 saturated carbocycles. The molecule has 0 bridgehead atoms. The smallest absolute Gasteiger partial charge is 0.408 e. The number of hydrogen-bond donors (Lipinski definition) is 3. The van der Waals surface area contributed by atoms with Gasteiger partial charge in [-0.25, -0.2) is 23.2 Å². The number of carbonyl (C=O) groups is 4. The standard InChI is InChI=1S/C49H62N6O10S/c1-27(2)63-41-14-11-30(25-50-41)39-22-33-21-35(62-6)12-13-38(33)44(51-39)64-37-23-40-43(56)53-49(46(58)54-66(60,61)48(5)15-16-48)24-34(49)10-8-7-9-28(3)17-29(4)42(45(57)55(40)26-37)52-47(59)65-36-19-31-18-32(31)20-36/h8,10-14,21-22,25,27-29,31-32,34,36-37,40,42H,7,9,15-20,23-24,26H2,1-6H3,(H,52,59)(H,53,56)(H,54,58)/b10-8-/t28-,29-,31-,32+,34-,36?,37-,40+,42?,49-/m1/s1. The van der Waals surface area contributed by atoms with Gasteiger partial charge in [-0.05, 0) is 138 Å². The maximum Gasteiger partial charge on any atom is 0.408 e. The van der Waals surface area contributed by atoms with Gasteiger partial charge in [0.05, 0.1) is 30.2 Å². The van der Waals surface area contributed by atoms with E-state index < -0.39 is 68.2 Å². The average Bonchev–Trinajstić information content (AvgIpc) is 4.23. The summed E-state index contributed by atoms with van der Waals surface area (Å²) in [6, 6.07) is 8.82. The molecule has 6 aliphatic rings. The van der Waals surface area contributed by atoms with Gasteiger partial charge < -0.3 is 34.5 Å². The average molecular weight is 927 g/mol. The Morgan fingerprint density at radius 3 is 2.45 bits per heavy atom. The predicted molar refractivity (Wildman–Crippen MR) is 245 cm³/mol.